The van der Waals surface area contributed by atoms with Crippen LogP contribution in [0.25, 0.3) is 0 Å². The second-order valence-electron chi connectivity index (χ2n) is 3.12. The number of amides is 1. The lowest BCUT2D eigenvalue weighted by Gasteiger charge is -2.12. The normalized spacial score (nSPS) is 12.0. The Kier molecular flexibility index (Phi) is 4.72. The number of rotatable bonds is 4. The van der Waals surface area contributed by atoms with E-state index in [0.717, 1.165) is 4.47 Å². The Morgan fingerprint density at radius 3 is 2.94 bits per heavy atom. The van der Waals surface area contributed by atoms with Crippen LogP contribution < -0.4 is 15.8 Å². The first-order chi connectivity index (χ1) is 7.58. The highest BCUT2D eigenvalue weighted by molar-refractivity contribution is 9.10. The zero-order valence-electron chi connectivity index (χ0n) is 8.74. The fraction of sp³-hybridized carbons (Fsp3) is 0.300. The van der Waals surface area contributed by atoms with Crippen molar-refractivity contribution in [2.45, 2.75) is 6.04 Å². The maximum absolute atomic E-state index is 11.5. The Balaban J connectivity index is 2.87. The number of methoxy groups -OCH3 is 1. The van der Waals surface area contributed by atoms with Crippen LogP contribution >= 0.6 is 15.9 Å². The van der Waals surface area contributed by atoms with Gasteiger partial charge in [0.05, 0.1) is 19.4 Å². The van der Waals surface area contributed by atoms with Gasteiger partial charge < -0.3 is 20.9 Å². The van der Waals surface area contributed by atoms with Crippen molar-refractivity contribution in [2.75, 3.05) is 19.0 Å². The lowest BCUT2D eigenvalue weighted by Crippen LogP contribution is -2.38. The molecule has 0 saturated heterocycles. The molecule has 1 unspecified atom stereocenters. The molecule has 0 aliphatic heterocycles. The molecule has 1 amide bonds. The zero-order chi connectivity index (χ0) is 12.1. The highest BCUT2D eigenvalue weighted by atomic mass is 79.9. The predicted octanol–water partition coefficient (Wildman–Crippen LogP) is 0.716. The molecule has 1 rings (SSSR count). The van der Waals surface area contributed by atoms with Crippen LogP contribution in [0.2, 0.25) is 0 Å². The number of nitrogens with two attached hydrogens (primary N) is 1. The lowest BCUT2D eigenvalue weighted by molar-refractivity contribution is -0.118. The molecule has 5 nitrogen and oxygen atoms in total. The summed E-state index contributed by atoms with van der Waals surface area (Å²) < 4.78 is 5.88. The molecule has 0 fully saturated rings. The molecule has 0 radical (unpaired) electrons. The molecular weight excluding hydrogens is 276 g/mol. The third kappa shape index (κ3) is 3.19. The van der Waals surface area contributed by atoms with Crippen LogP contribution in [0.4, 0.5) is 5.69 Å². The summed E-state index contributed by atoms with van der Waals surface area (Å²) in [7, 11) is 1.50. The molecule has 1 aromatic carbocycles. The third-order valence-corrected chi connectivity index (χ3v) is 2.45. The standard InChI is InChI=1S/C10H13BrN2O3/c1-16-9-3-2-6(11)4-8(9)13-10(15)7(12)5-14/h2-4,7,14H,5,12H2,1H3,(H,13,15). The highest BCUT2D eigenvalue weighted by Gasteiger charge is 2.14. The first-order valence-corrected chi connectivity index (χ1v) is 5.38. The van der Waals surface area contributed by atoms with Gasteiger partial charge >= 0.3 is 0 Å². The Bertz CT molecular complexity index is 384. The van der Waals surface area contributed by atoms with Crippen LogP contribution in [0.5, 0.6) is 5.75 Å². The minimum absolute atomic E-state index is 0.401. The minimum Gasteiger partial charge on any atom is -0.495 e. The molecule has 1 atom stereocenters. The molecule has 0 aliphatic carbocycles. The first-order valence-electron chi connectivity index (χ1n) is 4.59. The summed E-state index contributed by atoms with van der Waals surface area (Å²) in [5.41, 5.74) is 5.88. The van der Waals surface area contributed by atoms with E-state index in [4.69, 9.17) is 15.6 Å². The Hall–Kier alpha value is -1.11. The van der Waals surface area contributed by atoms with Crippen LogP contribution in [0, 0.1) is 0 Å². The van der Waals surface area contributed by atoms with Gasteiger partial charge in [0, 0.05) is 4.47 Å². The number of ether oxygens (including phenoxy) is 1. The second-order valence-corrected chi connectivity index (χ2v) is 4.04. The van der Waals surface area contributed by atoms with Gasteiger partial charge in [0.2, 0.25) is 5.91 Å². The van der Waals surface area contributed by atoms with E-state index in [-0.39, 0.29) is 0 Å². The molecule has 0 aliphatic rings. The first kappa shape index (κ1) is 13.0. The number of halogens is 1. The number of aliphatic hydroxyl groups excluding tert-OH is 1. The molecule has 4 N–H and O–H groups in total. The number of benzene rings is 1. The zero-order valence-corrected chi connectivity index (χ0v) is 10.3. The number of anilines is 1. The number of aliphatic hydroxyl groups is 1. The largest absolute Gasteiger partial charge is 0.495 e. The summed E-state index contributed by atoms with van der Waals surface area (Å²) in [5, 5.41) is 11.3. The van der Waals surface area contributed by atoms with Crippen molar-refractivity contribution in [1.82, 2.24) is 0 Å². The Labute approximate surface area is 102 Å². The minimum atomic E-state index is -0.941. The maximum Gasteiger partial charge on any atom is 0.243 e. The summed E-state index contributed by atoms with van der Waals surface area (Å²) in [6, 6.07) is 4.26. The van der Waals surface area contributed by atoms with Crippen molar-refractivity contribution in [3.05, 3.63) is 22.7 Å². The van der Waals surface area contributed by atoms with Gasteiger partial charge in [0.1, 0.15) is 11.8 Å². The van der Waals surface area contributed by atoms with Crippen molar-refractivity contribution in [1.29, 1.82) is 0 Å². The van der Waals surface area contributed by atoms with E-state index < -0.39 is 18.6 Å². The van der Waals surface area contributed by atoms with Crippen molar-refractivity contribution >= 4 is 27.5 Å². The molecule has 16 heavy (non-hydrogen) atoms. The number of hydrogen-bond acceptors (Lipinski definition) is 4. The molecule has 0 aromatic heterocycles. The summed E-state index contributed by atoms with van der Waals surface area (Å²) in [4.78, 5) is 11.5. The van der Waals surface area contributed by atoms with Gasteiger partial charge in [-0.15, -0.1) is 0 Å². The topological polar surface area (TPSA) is 84.6 Å². The van der Waals surface area contributed by atoms with Gasteiger partial charge in [-0.2, -0.15) is 0 Å². The van der Waals surface area contributed by atoms with Gasteiger partial charge in [-0.3, -0.25) is 4.79 Å². The third-order valence-electron chi connectivity index (χ3n) is 1.95. The molecule has 88 valence electrons. The van der Waals surface area contributed by atoms with Gasteiger partial charge in [-0.1, -0.05) is 15.9 Å². The average molecular weight is 289 g/mol. The fourth-order valence-corrected chi connectivity index (χ4v) is 1.45. The summed E-state index contributed by atoms with van der Waals surface area (Å²) in [6.07, 6.45) is 0. The van der Waals surface area contributed by atoms with E-state index in [1.807, 2.05) is 0 Å². The number of carbonyl (C=O) groups is 1. The van der Waals surface area contributed by atoms with E-state index in [1.54, 1.807) is 18.2 Å². The van der Waals surface area contributed by atoms with Crippen LogP contribution in [0.1, 0.15) is 0 Å². The highest BCUT2D eigenvalue weighted by Crippen LogP contribution is 2.27. The van der Waals surface area contributed by atoms with Crippen molar-refractivity contribution in [2.24, 2.45) is 5.73 Å². The number of nitrogens with one attached hydrogen (secondary N) is 1. The predicted molar refractivity (Wildman–Crippen MR) is 64.4 cm³/mol. The number of hydrogen-bond donors (Lipinski definition) is 3. The van der Waals surface area contributed by atoms with Gasteiger partial charge in [0.25, 0.3) is 0 Å². The van der Waals surface area contributed by atoms with E-state index in [1.165, 1.54) is 7.11 Å². The van der Waals surface area contributed by atoms with E-state index in [0.29, 0.717) is 11.4 Å². The van der Waals surface area contributed by atoms with Crippen LogP contribution in [0.3, 0.4) is 0 Å². The molecule has 0 bridgehead atoms. The Morgan fingerprint density at radius 2 is 2.38 bits per heavy atom. The number of carbonyl (C=O) groups excluding carboxylic acids is 1. The molecule has 1 aromatic rings. The summed E-state index contributed by atoms with van der Waals surface area (Å²) in [5.74, 6) is 0.0700. The Morgan fingerprint density at radius 1 is 1.69 bits per heavy atom. The molecule has 0 spiro atoms. The van der Waals surface area contributed by atoms with Crippen molar-refractivity contribution in [3.63, 3.8) is 0 Å². The molecule has 0 heterocycles. The van der Waals surface area contributed by atoms with E-state index in [2.05, 4.69) is 21.2 Å². The smallest absolute Gasteiger partial charge is 0.243 e. The van der Waals surface area contributed by atoms with Gasteiger partial charge in [-0.05, 0) is 18.2 Å². The van der Waals surface area contributed by atoms with Crippen molar-refractivity contribution < 1.29 is 14.6 Å². The van der Waals surface area contributed by atoms with Gasteiger partial charge in [0.15, 0.2) is 0 Å². The monoisotopic (exact) mass is 288 g/mol. The van der Waals surface area contributed by atoms with Crippen LogP contribution in [-0.2, 0) is 4.79 Å². The average Bonchev–Trinajstić information content (AvgIpc) is 2.28. The molecule has 0 saturated carbocycles. The summed E-state index contributed by atoms with van der Waals surface area (Å²) >= 11 is 3.28. The summed E-state index contributed by atoms with van der Waals surface area (Å²) in [6.45, 7) is -0.401. The second kappa shape index (κ2) is 5.83. The SMILES string of the molecule is COc1ccc(Br)cc1NC(=O)C(N)CO. The van der Waals surface area contributed by atoms with Gasteiger partial charge in [-0.25, -0.2) is 0 Å². The lowest BCUT2D eigenvalue weighted by atomic mass is 10.2. The van der Waals surface area contributed by atoms with Crippen molar-refractivity contribution in [3.8, 4) is 5.75 Å². The van der Waals surface area contributed by atoms with E-state index in [9.17, 15) is 4.79 Å². The molecular formula is C10H13BrN2O3. The fourth-order valence-electron chi connectivity index (χ4n) is 1.09. The maximum atomic E-state index is 11.5. The van der Waals surface area contributed by atoms with Crippen LogP contribution in [0.15, 0.2) is 22.7 Å². The molecule has 6 heteroatoms. The van der Waals surface area contributed by atoms with E-state index >= 15 is 0 Å². The quantitative estimate of drug-likeness (QED) is 0.762. The van der Waals surface area contributed by atoms with Crippen LogP contribution in [-0.4, -0.2) is 30.8 Å².